The number of aromatic nitrogens is 2. The standard InChI is InChI=1S/C21H22N4O3S/c1-28-17-5-2-14(3-6-17)12-19-23-24-20(29-19)15-8-10-25(11-9-15)21(27)16-4-7-18(26)22-13-16/h2-7,13,15-16H,8-12H2,1H3. The van der Waals surface area contributed by atoms with Crippen LogP contribution >= 0.6 is 11.3 Å². The van der Waals surface area contributed by atoms with Gasteiger partial charge in [-0.1, -0.05) is 18.2 Å². The highest BCUT2D eigenvalue weighted by Crippen LogP contribution is 2.31. The van der Waals surface area contributed by atoms with Gasteiger partial charge in [-0.15, -0.1) is 21.5 Å². The largest absolute Gasteiger partial charge is 0.497 e. The number of amides is 2. The molecule has 4 rings (SSSR count). The molecule has 2 aliphatic rings. The molecule has 1 atom stereocenters. The number of piperidine rings is 1. The van der Waals surface area contributed by atoms with Crippen molar-refractivity contribution in [3.63, 3.8) is 0 Å². The number of rotatable bonds is 5. The molecule has 0 radical (unpaired) electrons. The molecule has 3 heterocycles. The van der Waals surface area contributed by atoms with E-state index in [1.54, 1.807) is 24.5 Å². The Hall–Kier alpha value is -2.87. The summed E-state index contributed by atoms with van der Waals surface area (Å²) in [6, 6.07) is 7.99. The first-order valence-electron chi connectivity index (χ1n) is 9.62. The predicted molar refractivity (Wildman–Crippen MR) is 110 cm³/mol. The smallest absolute Gasteiger partial charge is 0.269 e. The van der Waals surface area contributed by atoms with Crippen LogP contribution in [-0.4, -0.2) is 53.3 Å². The average Bonchev–Trinajstić information content (AvgIpc) is 3.23. The summed E-state index contributed by atoms with van der Waals surface area (Å²) in [5, 5.41) is 10.8. The molecule has 2 aromatic rings. The first kappa shape index (κ1) is 19.4. The van der Waals surface area contributed by atoms with Gasteiger partial charge in [0.15, 0.2) is 0 Å². The molecular weight excluding hydrogens is 388 g/mol. The van der Waals surface area contributed by atoms with Crippen molar-refractivity contribution in [2.75, 3.05) is 20.2 Å². The van der Waals surface area contributed by atoms with Gasteiger partial charge < -0.3 is 9.64 Å². The lowest BCUT2D eigenvalue weighted by Crippen LogP contribution is -2.41. The number of nitrogens with zero attached hydrogens (tertiary/aromatic N) is 4. The second-order valence-corrected chi connectivity index (χ2v) is 8.25. The Morgan fingerprint density at radius 2 is 1.97 bits per heavy atom. The van der Waals surface area contributed by atoms with E-state index in [9.17, 15) is 9.59 Å². The van der Waals surface area contributed by atoms with Gasteiger partial charge in [-0.3, -0.25) is 9.59 Å². The third kappa shape index (κ3) is 4.59. The molecule has 150 valence electrons. The van der Waals surface area contributed by atoms with Crippen LogP contribution in [0.25, 0.3) is 0 Å². The molecule has 29 heavy (non-hydrogen) atoms. The number of carbonyl (C=O) groups excluding carboxylic acids is 2. The monoisotopic (exact) mass is 410 g/mol. The van der Waals surface area contributed by atoms with Gasteiger partial charge in [-0.2, -0.15) is 0 Å². The van der Waals surface area contributed by atoms with Gasteiger partial charge in [-0.25, -0.2) is 4.99 Å². The molecular formula is C21H22N4O3S. The molecule has 1 saturated heterocycles. The second-order valence-electron chi connectivity index (χ2n) is 7.16. The SMILES string of the molecule is COc1ccc(Cc2nnc(C3CCN(C(=O)C4C=CC(=O)N=C4)CC3)s2)cc1. The molecule has 0 aliphatic carbocycles. The highest BCUT2D eigenvalue weighted by Gasteiger charge is 2.29. The van der Waals surface area contributed by atoms with Gasteiger partial charge >= 0.3 is 0 Å². The number of aliphatic imine (C=N–C) groups is 1. The summed E-state index contributed by atoms with van der Waals surface area (Å²) in [6.07, 6.45) is 6.92. The number of hydrogen-bond donors (Lipinski definition) is 0. The molecule has 0 N–H and O–H groups in total. The van der Waals surface area contributed by atoms with Crippen molar-refractivity contribution < 1.29 is 14.3 Å². The highest BCUT2D eigenvalue weighted by molar-refractivity contribution is 7.11. The van der Waals surface area contributed by atoms with E-state index < -0.39 is 5.92 Å². The van der Waals surface area contributed by atoms with Gasteiger partial charge in [0.2, 0.25) is 5.91 Å². The first-order valence-corrected chi connectivity index (χ1v) is 10.4. The van der Waals surface area contributed by atoms with Crippen molar-refractivity contribution in [3.05, 3.63) is 52.0 Å². The summed E-state index contributed by atoms with van der Waals surface area (Å²) in [5.74, 6) is 0.442. The normalized spacial score (nSPS) is 19.6. The molecule has 0 spiro atoms. The number of methoxy groups -OCH3 is 1. The van der Waals surface area contributed by atoms with Gasteiger partial charge in [0, 0.05) is 37.7 Å². The zero-order chi connectivity index (χ0) is 20.2. The van der Waals surface area contributed by atoms with Crippen LogP contribution in [0.5, 0.6) is 5.75 Å². The van der Waals surface area contributed by atoms with Crippen molar-refractivity contribution in [3.8, 4) is 5.75 Å². The van der Waals surface area contributed by atoms with Crippen LogP contribution in [0.15, 0.2) is 41.4 Å². The van der Waals surface area contributed by atoms with E-state index >= 15 is 0 Å². The van der Waals surface area contributed by atoms with Gasteiger partial charge in [0.1, 0.15) is 15.8 Å². The molecule has 2 aliphatic heterocycles. The third-order valence-electron chi connectivity index (χ3n) is 5.25. The summed E-state index contributed by atoms with van der Waals surface area (Å²) >= 11 is 1.66. The Kier molecular flexibility index (Phi) is 5.80. The van der Waals surface area contributed by atoms with E-state index in [4.69, 9.17) is 4.74 Å². The van der Waals surface area contributed by atoms with E-state index in [2.05, 4.69) is 15.2 Å². The molecule has 1 fully saturated rings. The minimum atomic E-state index is -0.429. The summed E-state index contributed by atoms with van der Waals surface area (Å²) in [7, 11) is 1.66. The lowest BCUT2D eigenvalue weighted by Gasteiger charge is -2.32. The maximum atomic E-state index is 12.6. The van der Waals surface area contributed by atoms with Crippen LogP contribution in [0, 0.1) is 5.92 Å². The minimum absolute atomic E-state index is 0.00779. The highest BCUT2D eigenvalue weighted by atomic mass is 32.1. The number of hydrogen-bond acceptors (Lipinski definition) is 6. The van der Waals surface area contributed by atoms with Crippen LogP contribution in [0.2, 0.25) is 0 Å². The Morgan fingerprint density at radius 1 is 1.21 bits per heavy atom. The quantitative estimate of drug-likeness (QED) is 0.757. The van der Waals surface area contributed by atoms with Gasteiger partial charge in [0.05, 0.1) is 13.0 Å². The first-order chi connectivity index (χ1) is 14.1. The van der Waals surface area contributed by atoms with E-state index in [0.29, 0.717) is 19.0 Å². The lowest BCUT2D eigenvalue weighted by molar-refractivity contribution is -0.133. The average molecular weight is 410 g/mol. The van der Waals surface area contributed by atoms with E-state index in [1.165, 1.54) is 17.9 Å². The molecule has 0 bridgehead atoms. The fourth-order valence-electron chi connectivity index (χ4n) is 3.56. The predicted octanol–water partition coefficient (Wildman–Crippen LogP) is 2.63. The minimum Gasteiger partial charge on any atom is -0.497 e. The van der Waals surface area contributed by atoms with Crippen molar-refractivity contribution in [2.45, 2.75) is 25.2 Å². The van der Waals surface area contributed by atoms with E-state index in [1.807, 2.05) is 29.2 Å². The Balaban J connectivity index is 1.32. The topological polar surface area (TPSA) is 84.8 Å². The van der Waals surface area contributed by atoms with Crippen LogP contribution < -0.4 is 4.74 Å². The molecule has 1 aromatic carbocycles. The number of benzene rings is 1. The van der Waals surface area contributed by atoms with Gasteiger partial charge in [0.25, 0.3) is 5.91 Å². The third-order valence-corrected chi connectivity index (χ3v) is 6.33. The molecule has 1 aromatic heterocycles. The van der Waals surface area contributed by atoms with Gasteiger partial charge in [-0.05, 0) is 30.5 Å². The fraction of sp³-hybridized carbons (Fsp3) is 0.381. The number of dihydropyridines is 1. The van der Waals surface area contributed by atoms with Crippen molar-refractivity contribution in [2.24, 2.45) is 10.9 Å². The molecule has 1 unspecified atom stereocenters. The molecule has 2 amide bonds. The number of carbonyl (C=O) groups is 2. The van der Waals surface area contributed by atoms with Crippen LogP contribution in [0.4, 0.5) is 0 Å². The number of likely N-dealkylation sites (tertiary alicyclic amines) is 1. The molecule has 0 saturated carbocycles. The fourth-order valence-corrected chi connectivity index (χ4v) is 4.60. The Labute approximate surface area is 173 Å². The summed E-state index contributed by atoms with van der Waals surface area (Å²) in [5.41, 5.74) is 1.18. The zero-order valence-corrected chi connectivity index (χ0v) is 17.0. The second kappa shape index (κ2) is 8.65. The summed E-state index contributed by atoms with van der Waals surface area (Å²) < 4.78 is 5.19. The number of ether oxygens (including phenoxy) is 1. The van der Waals surface area contributed by atoms with E-state index in [-0.39, 0.29) is 11.8 Å². The van der Waals surface area contributed by atoms with E-state index in [0.717, 1.165) is 35.0 Å². The maximum Gasteiger partial charge on any atom is 0.269 e. The van der Waals surface area contributed by atoms with Crippen molar-refractivity contribution >= 4 is 29.4 Å². The Morgan fingerprint density at radius 3 is 2.62 bits per heavy atom. The van der Waals surface area contributed by atoms with Crippen molar-refractivity contribution in [1.29, 1.82) is 0 Å². The summed E-state index contributed by atoms with van der Waals surface area (Å²) in [6.45, 7) is 1.37. The molecule has 8 heteroatoms. The van der Waals surface area contributed by atoms with Crippen LogP contribution in [0.1, 0.15) is 34.3 Å². The van der Waals surface area contributed by atoms with Crippen molar-refractivity contribution in [1.82, 2.24) is 15.1 Å². The van der Waals surface area contributed by atoms with Crippen LogP contribution in [0.3, 0.4) is 0 Å². The lowest BCUT2D eigenvalue weighted by atomic mass is 9.96. The molecule has 7 nitrogen and oxygen atoms in total. The summed E-state index contributed by atoms with van der Waals surface area (Å²) in [4.78, 5) is 29.3. The maximum absolute atomic E-state index is 12.6. The Bertz CT molecular complexity index is 927. The van der Waals surface area contributed by atoms with Crippen LogP contribution in [-0.2, 0) is 16.0 Å². The zero-order valence-electron chi connectivity index (χ0n) is 16.2.